The monoisotopic (exact) mass is 512 g/mol. The number of carbonyl (C=O) groups excluding carboxylic acids is 2. The zero-order valence-corrected chi connectivity index (χ0v) is 20.2. The normalized spacial score (nSPS) is 13.6. The SMILES string of the molecule is CS(=O)(=O)N(CCCNC(=O)c1ccc(NC(=O)N2Cc3ccc(F)cc3C2)cc1)S(C)(=O)=O. The Labute approximate surface area is 197 Å². The number of nitrogens with zero attached hydrogens (tertiary/aromatic N) is 2. The van der Waals surface area contributed by atoms with Crippen LogP contribution in [0.2, 0.25) is 0 Å². The largest absolute Gasteiger partial charge is 0.352 e. The maximum absolute atomic E-state index is 13.4. The molecule has 0 radical (unpaired) electrons. The van der Waals surface area contributed by atoms with Crippen LogP contribution in [0.5, 0.6) is 0 Å². The summed E-state index contributed by atoms with van der Waals surface area (Å²) in [5.41, 5.74) is 2.43. The molecule has 10 nitrogen and oxygen atoms in total. The number of sulfonamides is 2. The first kappa shape index (κ1) is 25.6. The van der Waals surface area contributed by atoms with E-state index in [-0.39, 0.29) is 31.4 Å². The molecule has 2 N–H and O–H groups in total. The van der Waals surface area contributed by atoms with E-state index in [1.165, 1.54) is 24.3 Å². The van der Waals surface area contributed by atoms with Crippen molar-refractivity contribution in [3.8, 4) is 0 Å². The molecule has 3 amide bonds. The fourth-order valence-electron chi connectivity index (χ4n) is 3.50. The van der Waals surface area contributed by atoms with Crippen LogP contribution in [0.3, 0.4) is 0 Å². The first-order valence-corrected chi connectivity index (χ1v) is 13.9. The molecule has 13 heteroatoms. The maximum Gasteiger partial charge on any atom is 0.322 e. The number of amides is 3. The van der Waals surface area contributed by atoms with Crippen LogP contribution in [0, 0.1) is 5.82 Å². The van der Waals surface area contributed by atoms with E-state index in [0.717, 1.165) is 23.6 Å². The van der Waals surface area contributed by atoms with Crippen molar-refractivity contribution in [3.63, 3.8) is 0 Å². The minimum Gasteiger partial charge on any atom is -0.352 e. The lowest BCUT2D eigenvalue weighted by molar-refractivity contribution is 0.0953. The van der Waals surface area contributed by atoms with Gasteiger partial charge in [-0.25, -0.2) is 26.0 Å². The molecule has 0 bridgehead atoms. The van der Waals surface area contributed by atoms with Crippen LogP contribution in [0.1, 0.15) is 27.9 Å². The molecular weight excluding hydrogens is 487 g/mol. The first-order valence-electron chi connectivity index (χ1n) is 10.2. The summed E-state index contributed by atoms with van der Waals surface area (Å²) >= 11 is 0. The Kier molecular flexibility index (Phi) is 7.58. The maximum atomic E-state index is 13.4. The van der Waals surface area contributed by atoms with Gasteiger partial charge in [-0.05, 0) is 53.9 Å². The number of urea groups is 1. The Bertz CT molecular complexity index is 1270. The number of carbonyl (C=O) groups is 2. The summed E-state index contributed by atoms with van der Waals surface area (Å²) in [6, 6.07) is 10.2. The molecule has 0 spiro atoms. The standard InChI is InChI=1S/C21H25FN4O6S2/c1-33(29,30)26(34(2,31)32)11-3-10-23-20(27)15-5-8-19(9-6-15)24-21(28)25-13-16-4-7-18(22)12-17(16)14-25/h4-9,12H,3,10-11,13-14H2,1-2H3,(H,23,27)(H,24,28). The van der Waals surface area contributed by atoms with Crippen LogP contribution >= 0.6 is 0 Å². The molecule has 3 rings (SSSR count). The minimum atomic E-state index is -3.94. The highest BCUT2D eigenvalue weighted by Crippen LogP contribution is 2.24. The fourth-order valence-corrected chi connectivity index (χ4v) is 6.39. The van der Waals surface area contributed by atoms with Crippen LogP contribution in [-0.2, 0) is 33.1 Å². The molecular formula is C21H25FN4O6S2. The smallest absolute Gasteiger partial charge is 0.322 e. The van der Waals surface area contributed by atoms with E-state index in [1.54, 1.807) is 23.1 Å². The summed E-state index contributed by atoms with van der Waals surface area (Å²) in [6.45, 7) is 0.457. The van der Waals surface area contributed by atoms with Gasteiger partial charge in [-0.2, -0.15) is 0 Å². The number of rotatable bonds is 8. The van der Waals surface area contributed by atoms with Crippen LogP contribution < -0.4 is 10.6 Å². The zero-order chi connectivity index (χ0) is 25.1. The molecule has 0 atom stereocenters. The molecule has 0 aromatic heterocycles. The van der Waals surface area contributed by atoms with E-state index in [0.29, 0.717) is 28.1 Å². The Morgan fingerprint density at radius 3 is 2.21 bits per heavy atom. The molecule has 1 heterocycles. The molecule has 0 saturated carbocycles. The number of nitrogens with one attached hydrogen (secondary N) is 2. The van der Waals surface area contributed by atoms with Crippen molar-refractivity contribution < 1.29 is 30.8 Å². The van der Waals surface area contributed by atoms with Gasteiger partial charge in [0.05, 0.1) is 12.5 Å². The van der Waals surface area contributed by atoms with Crippen LogP contribution in [0.4, 0.5) is 14.9 Å². The number of benzene rings is 2. The second-order valence-corrected chi connectivity index (χ2v) is 12.0. The van der Waals surface area contributed by atoms with Crippen LogP contribution in [0.25, 0.3) is 0 Å². The molecule has 1 aliphatic heterocycles. The zero-order valence-electron chi connectivity index (χ0n) is 18.6. The molecule has 0 saturated heterocycles. The van der Waals surface area contributed by atoms with Crippen molar-refractivity contribution in [1.82, 2.24) is 13.9 Å². The van der Waals surface area contributed by atoms with Gasteiger partial charge in [0.1, 0.15) is 5.82 Å². The number of hydrogen-bond acceptors (Lipinski definition) is 6. The van der Waals surface area contributed by atoms with Gasteiger partial charge in [-0.15, -0.1) is 0 Å². The molecule has 0 aliphatic carbocycles. The van der Waals surface area contributed by atoms with E-state index in [9.17, 15) is 30.8 Å². The van der Waals surface area contributed by atoms with E-state index in [2.05, 4.69) is 10.6 Å². The van der Waals surface area contributed by atoms with Gasteiger partial charge in [0.2, 0.25) is 20.0 Å². The number of halogens is 1. The highest BCUT2D eigenvalue weighted by atomic mass is 32.3. The van der Waals surface area contributed by atoms with Crippen molar-refractivity contribution >= 4 is 37.7 Å². The van der Waals surface area contributed by atoms with Crippen LogP contribution in [0.15, 0.2) is 42.5 Å². The number of fused-ring (bicyclic) bond motifs is 1. The predicted octanol–water partition coefficient (Wildman–Crippen LogP) is 1.71. The Balaban J connectivity index is 1.48. The fraction of sp³-hybridized carbons (Fsp3) is 0.333. The summed E-state index contributed by atoms with van der Waals surface area (Å²) in [7, 11) is -7.87. The van der Waals surface area contributed by atoms with Gasteiger partial charge in [-0.1, -0.05) is 9.78 Å². The lowest BCUT2D eigenvalue weighted by Crippen LogP contribution is -2.37. The highest BCUT2D eigenvalue weighted by molar-refractivity contribution is 8.03. The molecule has 2 aromatic carbocycles. The van der Waals surface area contributed by atoms with E-state index >= 15 is 0 Å². The van der Waals surface area contributed by atoms with Crippen molar-refractivity contribution in [2.45, 2.75) is 19.5 Å². The van der Waals surface area contributed by atoms with Gasteiger partial charge in [0.15, 0.2) is 0 Å². The Hall–Kier alpha value is -3.03. The molecule has 0 unspecified atom stereocenters. The molecule has 0 fully saturated rings. The van der Waals surface area contributed by atoms with Gasteiger partial charge in [0, 0.05) is 37.4 Å². The summed E-state index contributed by atoms with van der Waals surface area (Å²) in [6.07, 6.45) is 1.70. The second kappa shape index (κ2) is 10.1. The van der Waals surface area contributed by atoms with Gasteiger partial charge in [0.25, 0.3) is 5.91 Å². The van der Waals surface area contributed by atoms with Gasteiger partial charge < -0.3 is 15.5 Å². The molecule has 34 heavy (non-hydrogen) atoms. The Morgan fingerprint density at radius 1 is 0.971 bits per heavy atom. The average Bonchev–Trinajstić information content (AvgIpc) is 3.15. The van der Waals surface area contributed by atoms with E-state index in [4.69, 9.17) is 0 Å². The highest BCUT2D eigenvalue weighted by Gasteiger charge is 2.26. The summed E-state index contributed by atoms with van der Waals surface area (Å²) in [5, 5.41) is 5.33. The van der Waals surface area contributed by atoms with Crippen LogP contribution in [-0.4, -0.2) is 63.0 Å². The van der Waals surface area contributed by atoms with E-state index < -0.39 is 26.0 Å². The molecule has 184 valence electrons. The predicted molar refractivity (Wildman–Crippen MR) is 124 cm³/mol. The lowest BCUT2D eigenvalue weighted by Gasteiger charge is -2.17. The first-order chi connectivity index (χ1) is 15.8. The quantitative estimate of drug-likeness (QED) is 0.518. The second-order valence-electron chi connectivity index (χ2n) is 7.91. The van der Waals surface area contributed by atoms with E-state index in [1.807, 2.05) is 0 Å². The minimum absolute atomic E-state index is 0.0645. The van der Waals surface area contributed by atoms with Gasteiger partial charge in [-0.3, -0.25) is 4.79 Å². The number of anilines is 1. The van der Waals surface area contributed by atoms with Crippen molar-refractivity contribution in [2.24, 2.45) is 0 Å². The third-order valence-corrected chi connectivity index (χ3v) is 8.59. The molecule has 2 aromatic rings. The third kappa shape index (κ3) is 6.52. The van der Waals surface area contributed by atoms with Crippen molar-refractivity contribution in [3.05, 3.63) is 65.0 Å². The topological polar surface area (TPSA) is 133 Å². The number of hydrogen-bond donors (Lipinski definition) is 2. The lowest BCUT2D eigenvalue weighted by atomic mass is 10.1. The summed E-state index contributed by atoms with van der Waals surface area (Å²) in [5.74, 6) is -0.779. The van der Waals surface area contributed by atoms with Crippen molar-refractivity contribution in [2.75, 3.05) is 30.9 Å². The third-order valence-electron chi connectivity index (χ3n) is 5.12. The van der Waals surface area contributed by atoms with Gasteiger partial charge >= 0.3 is 6.03 Å². The average molecular weight is 513 g/mol. The summed E-state index contributed by atoms with van der Waals surface area (Å²) in [4.78, 5) is 26.3. The Morgan fingerprint density at radius 2 is 1.59 bits per heavy atom. The molecule has 1 aliphatic rings. The summed E-state index contributed by atoms with van der Waals surface area (Å²) < 4.78 is 60.2. The van der Waals surface area contributed by atoms with Crippen molar-refractivity contribution in [1.29, 1.82) is 0 Å².